The number of carbonyl (C=O) groups is 1. The lowest BCUT2D eigenvalue weighted by Crippen LogP contribution is -2.28. The van der Waals surface area contributed by atoms with Crippen molar-refractivity contribution in [2.45, 2.75) is 26.7 Å². The van der Waals surface area contributed by atoms with Crippen molar-refractivity contribution >= 4 is 5.91 Å². The van der Waals surface area contributed by atoms with Crippen LogP contribution in [0.5, 0.6) is 0 Å². The molecular formula is C12H30N2O3. The van der Waals surface area contributed by atoms with Crippen LogP contribution in [-0.4, -0.2) is 52.0 Å². The molecule has 0 bridgehead atoms. The predicted molar refractivity (Wildman–Crippen MR) is 72.3 cm³/mol. The van der Waals surface area contributed by atoms with E-state index in [4.69, 9.17) is 9.47 Å². The molecule has 106 valence electrons. The Labute approximate surface area is 107 Å². The third-order valence-corrected chi connectivity index (χ3v) is 2.15. The molecule has 0 spiro atoms. The monoisotopic (exact) mass is 250 g/mol. The van der Waals surface area contributed by atoms with E-state index in [1.807, 2.05) is 6.92 Å². The van der Waals surface area contributed by atoms with Crippen molar-refractivity contribution < 1.29 is 17.1 Å². The van der Waals surface area contributed by atoms with Crippen LogP contribution in [0, 0.1) is 0 Å². The first kappa shape index (κ1) is 16.4. The van der Waals surface area contributed by atoms with E-state index in [1.54, 1.807) is 0 Å². The van der Waals surface area contributed by atoms with Crippen LogP contribution < -0.4 is 10.6 Å². The van der Waals surface area contributed by atoms with E-state index >= 15 is 0 Å². The highest BCUT2D eigenvalue weighted by molar-refractivity contribution is 5.75. The molecule has 0 aromatic heterocycles. The maximum absolute atomic E-state index is 11.3. The second-order valence-corrected chi connectivity index (χ2v) is 3.62. The first-order valence-corrected chi connectivity index (χ1v) is 6.44. The van der Waals surface area contributed by atoms with Gasteiger partial charge in [-0.05, 0) is 26.4 Å². The Hall–Kier alpha value is -0.650. The molecule has 5 heteroatoms. The maximum atomic E-state index is 11.3. The Kier molecular flexibility index (Phi) is 12.9. The third kappa shape index (κ3) is 13.3. The number of amides is 1. The van der Waals surface area contributed by atoms with E-state index in [1.165, 1.54) is 0 Å². The van der Waals surface area contributed by atoms with Gasteiger partial charge in [0.1, 0.15) is 0 Å². The first-order valence-electron chi connectivity index (χ1n) is 6.44. The summed E-state index contributed by atoms with van der Waals surface area (Å²) in [5, 5.41) is 6.06. The summed E-state index contributed by atoms with van der Waals surface area (Å²) in [6, 6.07) is 0. The van der Waals surface area contributed by atoms with E-state index in [0.29, 0.717) is 32.8 Å². The van der Waals surface area contributed by atoms with Crippen LogP contribution in [0.15, 0.2) is 0 Å². The van der Waals surface area contributed by atoms with Gasteiger partial charge in [-0.1, -0.05) is 6.92 Å². The highest BCUT2D eigenvalue weighted by Crippen LogP contribution is 1.85. The molecule has 1 amide bonds. The van der Waals surface area contributed by atoms with Gasteiger partial charge in [0.2, 0.25) is 5.91 Å². The molecule has 0 atom stereocenters. The minimum absolute atomic E-state index is 0. The van der Waals surface area contributed by atoms with Crippen LogP contribution in [0.2, 0.25) is 0 Å². The lowest BCUT2D eigenvalue weighted by atomic mass is 10.3. The van der Waals surface area contributed by atoms with E-state index < -0.39 is 0 Å². The molecule has 2 N–H and O–H groups in total. The van der Waals surface area contributed by atoms with Crippen molar-refractivity contribution in [1.29, 1.82) is 0 Å². The van der Waals surface area contributed by atoms with Gasteiger partial charge in [0.15, 0.2) is 0 Å². The highest BCUT2D eigenvalue weighted by Gasteiger charge is 1.99. The van der Waals surface area contributed by atoms with Gasteiger partial charge in [-0.15, -0.1) is 0 Å². The van der Waals surface area contributed by atoms with Crippen molar-refractivity contribution in [3.05, 3.63) is 0 Å². The Bertz CT molecular complexity index is 186. The van der Waals surface area contributed by atoms with E-state index in [-0.39, 0.29) is 8.76 Å². The number of ether oxygens (including phenoxy) is 2. The zero-order chi connectivity index (χ0) is 12.8. The number of hydrogen-bond acceptors (Lipinski definition) is 4. The van der Waals surface area contributed by atoms with Crippen molar-refractivity contribution in [3.63, 3.8) is 0 Å². The maximum Gasteiger partial charge on any atom is 0.222 e. The Morgan fingerprint density at radius 3 is 2.59 bits per heavy atom. The lowest BCUT2D eigenvalue weighted by molar-refractivity contribution is -0.122. The molecule has 0 heterocycles. The molecule has 0 aromatic carbocycles. The minimum Gasteiger partial charge on any atom is -0.379 e. The molecule has 0 aliphatic carbocycles. The average Bonchev–Trinajstić information content (AvgIpc) is 2.33. The fourth-order valence-electron chi connectivity index (χ4n) is 1.24. The Morgan fingerprint density at radius 1 is 1.12 bits per heavy atom. The van der Waals surface area contributed by atoms with Crippen molar-refractivity contribution in [2.75, 3.05) is 46.1 Å². The lowest BCUT2D eigenvalue weighted by Gasteiger charge is -2.06. The molecular weight excluding hydrogens is 220 g/mol. The smallest absolute Gasteiger partial charge is 0.222 e. The van der Waals surface area contributed by atoms with Crippen LogP contribution in [-0.2, 0) is 14.3 Å². The van der Waals surface area contributed by atoms with Gasteiger partial charge >= 0.3 is 0 Å². The summed E-state index contributed by atoms with van der Waals surface area (Å²) in [5.41, 5.74) is 0. The molecule has 0 fully saturated rings. The summed E-state index contributed by atoms with van der Waals surface area (Å²) in [5.74, 6) is 0.0536. The summed E-state index contributed by atoms with van der Waals surface area (Å²) < 4.78 is 10.4. The zero-order valence-electron chi connectivity index (χ0n) is 11.1. The Morgan fingerprint density at radius 2 is 1.88 bits per heavy atom. The standard InChI is InChI=1S/C12H26N2O3.2H2/c1-3-13-7-5-8-14-12(15)6-9-17-11-10-16-4-2;;/h13H,3-11H2,1-2H3,(H,14,15);2*1H. The predicted octanol–water partition coefficient (Wildman–Crippen LogP) is 1.04. The van der Waals surface area contributed by atoms with Crippen LogP contribution in [0.4, 0.5) is 0 Å². The zero-order valence-corrected chi connectivity index (χ0v) is 11.1. The first-order chi connectivity index (χ1) is 8.31. The van der Waals surface area contributed by atoms with Crippen LogP contribution in [0.25, 0.3) is 0 Å². The molecule has 0 aliphatic heterocycles. The van der Waals surface area contributed by atoms with Gasteiger partial charge in [-0.3, -0.25) is 4.79 Å². The molecule has 0 rings (SSSR count). The number of hydrogen-bond donors (Lipinski definition) is 2. The molecule has 0 aromatic rings. The minimum atomic E-state index is 0. The summed E-state index contributed by atoms with van der Waals surface area (Å²) in [6.07, 6.45) is 1.39. The quantitative estimate of drug-likeness (QED) is 0.508. The molecule has 0 saturated heterocycles. The average molecular weight is 250 g/mol. The summed E-state index contributed by atoms with van der Waals surface area (Å²) >= 11 is 0. The van der Waals surface area contributed by atoms with Crippen molar-refractivity contribution in [1.82, 2.24) is 10.6 Å². The van der Waals surface area contributed by atoms with Crippen LogP contribution >= 0.6 is 0 Å². The molecule has 5 nitrogen and oxygen atoms in total. The topological polar surface area (TPSA) is 59.6 Å². The normalized spacial score (nSPS) is 10.5. The summed E-state index contributed by atoms with van der Waals surface area (Å²) in [7, 11) is 0. The van der Waals surface area contributed by atoms with Gasteiger partial charge in [0, 0.05) is 22.4 Å². The fraction of sp³-hybridized carbons (Fsp3) is 0.917. The van der Waals surface area contributed by atoms with E-state index in [0.717, 1.165) is 26.1 Å². The van der Waals surface area contributed by atoms with Gasteiger partial charge in [0.25, 0.3) is 0 Å². The second-order valence-electron chi connectivity index (χ2n) is 3.62. The molecule has 0 unspecified atom stereocenters. The number of carbonyl (C=O) groups excluding carboxylic acids is 1. The molecule has 0 saturated carbocycles. The Balaban J connectivity index is -0.00000128. The van der Waals surface area contributed by atoms with Gasteiger partial charge in [-0.2, -0.15) is 0 Å². The van der Waals surface area contributed by atoms with Gasteiger partial charge < -0.3 is 20.1 Å². The molecule has 0 radical (unpaired) electrons. The molecule has 17 heavy (non-hydrogen) atoms. The summed E-state index contributed by atoms with van der Waals surface area (Å²) in [4.78, 5) is 11.3. The summed E-state index contributed by atoms with van der Waals surface area (Å²) in [6.45, 7) is 8.98. The SMILES string of the molecule is CCNCCCNC(=O)CCOCCOCC.[HH].[HH]. The third-order valence-electron chi connectivity index (χ3n) is 2.15. The van der Waals surface area contributed by atoms with Gasteiger partial charge in [0.05, 0.1) is 19.8 Å². The van der Waals surface area contributed by atoms with E-state index in [9.17, 15) is 4.79 Å². The number of nitrogens with one attached hydrogen (secondary N) is 2. The van der Waals surface area contributed by atoms with Crippen LogP contribution in [0.3, 0.4) is 0 Å². The van der Waals surface area contributed by atoms with Crippen LogP contribution in [0.1, 0.15) is 29.5 Å². The molecule has 0 aliphatic rings. The largest absolute Gasteiger partial charge is 0.379 e. The second kappa shape index (κ2) is 13.4. The van der Waals surface area contributed by atoms with Gasteiger partial charge in [-0.25, -0.2) is 0 Å². The highest BCUT2D eigenvalue weighted by atomic mass is 16.5. The van der Waals surface area contributed by atoms with Crippen molar-refractivity contribution in [2.24, 2.45) is 0 Å². The van der Waals surface area contributed by atoms with Crippen molar-refractivity contribution in [3.8, 4) is 0 Å². The fourth-order valence-corrected chi connectivity index (χ4v) is 1.24. The number of rotatable bonds is 12. The van der Waals surface area contributed by atoms with E-state index in [2.05, 4.69) is 17.6 Å².